The first-order valence-electron chi connectivity index (χ1n) is 3.35. The van der Waals surface area contributed by atoms with Gasteiger partial charge in [-0.2, -0.15) is 0 Å². The van der Waals surface area contributed by atoms with Gasteiger partial charge in [-0.25, -0.2) is 4.24 Å². The summed E-state index contributed by atoms with van der Waals surface area (Å²) in [7, 11) is 0. The molecule has 4 nitrogen and oxygen atoms in total. The van der Waals surface area contributed by atoms with Gasteiger partial charge in [-0.15, -0.1) is 0 Å². The van der Waals surface area contributed by atoms with Gasteiger partial charge in [0.1, 0.15) is 12.4 Å². The molecule has 0 aromatic carbocycles. The molecule has 0 fully saturated rings. The first kappa shape index (κ1) is 6.42. The molecule has 2 heterocycles. The van der Waals surface area contributed by atoms with Crippen LogP contribution < -0.4 is 9.86 Å². The molecule has 1 aliphatic heterocycles. The van der Waals surface area contributed by atoms with Crippen molar-refractivity contribution in [2.45, 2.75) is 12.6 Å². The Morgan fingerprint density at radius 3 is 3.18 bits per heavy atom. The second-order valence-corrected chi connectivity index (χ2v) is 2.66. The van der Waals surface area contributed by atoms with Gasteiger partial charge >= 0.3 is 5.62 Å². The van der Waals surface area contributed by atoms with Crippen LogP contribution in [-0.2, 0) is 0 Å². The lowest BCUT2D eigenvalue weighted by atomic mass is 10.3. The Hall–Kier alpha value is -1.29. The summed E-state index contributed by atoms with van der Waals surface area (Å²) in [5.41, 5.74) is -0.557. The third-order valence-corrected chi connectivity index (χ3v) is 1.46. The van der Waals surface area contributed by atoms with E-state index in [2.05, 4.69) is 9.98 Å². The summed E-state index contributed by atoms with van der Waals surface area (Å²) in [4.78, 5) is 7.90. The first-order valence-corrected chi connectivity index (χ1v) is 3.35. The smallest absolute Gasteiger partial charge is 0.351 e. The van der Waals surface area contributed by atoms with Gasteiger partial charge in [-0.05, 0) is 0 Å². The van der Waals surface area contributed by atoms with E-state index in [1.165, 1.54) is 0 Å². The molecule has 0 radical (unpaired) electrons. The number of hydrogen-bond donors (Lipinski definition) is 1. The van der Waals surface area contributed by atoms with Crippen LogP contribution in [0.25, 0.3) is 0 Å². The van der Waals surface area contributed by atoms with Gasteiger partial charge in [0, 0.05) is 13.0 Å². The van der Waals surface area contributed by atoms with Crippen molar-refractivity contribution < 1.29 is 9.35 Å². The Kier molecular flexibility index (Phi) is 1.08. The molecule has 1 atom stereocenters. The van der Waals surface area contributed by atoms with E-state index in [0.29, 0.717) is 5.62 Å². The average Bonchev–Trinajstić information content (AvgIpc) is 2.21. The Morgan fingerprint density at radius 2 is 2.45 bits per heavy atom. The second-order valence-electron chi connectivity index (χ2n) is 2.66. The molecular weight excluding hydrogens is 142 g/mol. The quantitative estimate of drug-likeness (QED) is 0.468. The molecule has 1 aliphatic rings. The van der Waals surface area contributed by atoms with Crippen molar-refractivity contribution in [2.75, 3.05) is 0 Å². The van der Waals surface area contributed by atoms with Crippen molar-refractivity contribution in [1.29, 1.82) is 0 Å². The minimum Gasteiger partial charge on any atom is -0.351 e. The summed E-state index contributed by atoms with van der Waals surface area (Å²) in [5, 5.41) is 9.43. The summed E-state index contributed by atoms with van der Waals surface area (Å²) in [5.74, 6) is 0. The van der Waals surface area contributed by atoms with Crippen LogP contribution in [0.15, 0.2) is 23.5 Å². The number of aromatic nitrogens is 2. The molecular formula is C7H8N3O+. The zero-order chi connectivity index (χ0) is 7.90. The molecule has 4 heteroatoms. The van der Waals surface area contributed by atoms with E-state index < -0.39 is 5.72 Å². The van der Waals surface area contributed by atoms with Crippen molar-refractivity contribution in [3.63, 3.8) is 0 Å². The Morgan fingerprint density at radius 1 is 1.64 bits per heavy atom. The van der Waals surface area contributed by atoms with Crippen LogP contribution >= 0.6 is 0 Å². The SMILES string of the molecule is CC1(O)C=[n+]2cccnc2=N1. The van der Waals surface area contributed by atoms with E-state index in [0.717, 1.165) is 0 Å². The fraction of sp³-hybridized carbons (Fsp3) is 0.286. The highest BCUT2D eigenvalue weighted by atomic mass is 16.3. The molecule has 1 unspecified atom stereocenters. The number of aliphatic hydroxyl groups is 1. The summed E-state index contributed by atoms with van der Waals surface area (Å²) < 4.78 is 1.69. The second kappa shape index (κ2) is 1.85. The lowest BCUT2D eigenvalue weighted by Crippen LogP contribution is -2.36. The van der Waals surface area contributed by atoms with Gasteiger partial charge < -0.3 is 5.11 Å². The molecule has 11 heavy (non-hydrogen) atoms. The fourth-order valence-electron chi connectivity index (χ4n) is 1.06. The van der Waals surface area contributed by atoms with Crippen molar-refractivity contribution >= 4 is 0 Å². The highest BCUT2D eigenvalue weighted by molar-refractivity contribution is 4.80. The topological polar surface area (TPSA) is 51.4 Å². The van der Waals surface area contributed by atoms with Gasteiger partial charge in [-0.1, -0.05) is 9.98 Å². The molecule has 1 aromatic heterocycles. The minimum absolute atomic E-state index is 0.539. The summed E-state index contributed by atoms with van der Waals surface area (Å²) in [6.45, 7) is 1.61. The number of hydrogen-bond acceptors (Lipinski definition) is 3. The third kappa shape index (κ3) is 1.01. The zero-order valence-electron chi connectivity index (χ0n) is 6.10. The number of nitrogens with zero attached hydrogens (tertiary/aromatic N) is 3. The average molecular weight is 150 g/mol. The Bertz CT molecular complexity index is 359. The van der Waals surface area contributed by atoms with E-state index in [1.54, 1.807) is 35.8 Å². The minimum atomic E-state index is -1.10. The van der Waals surface area contributed by atoms with E-state index in [-0.39, 0.29) is 0 Å². The summed E-state index contributed by atoms with van der Waals surface area (Å²) >= 11 is 0. The molecule has 0 amide bonds. The molecule has 0 aliphatic carbocycles. The monoisotopic (exact) mass is 150 g/mol. The van der Waals surface area contributed by atoms with Crippen LogP contribution in [-0.4, -0.2) is 15.8 Å². The van der Waals surface area contributed by atoms with Crippen molar-refractivity contribution in [1.82, 2.24) is 4.98 Å². The first-order chi connectivity index (χ1) is 5.17. The van der Waals surface area contributed by atoms with Crippen LogP contribution in [0, 0.1) is 6.21 Å². The van der Waals surface area contributed by atoms with Crippen molar-refractivity contribution in [3.8, 4) is 0 Å². The maximum Gasteiger partial charge on any atom is 0.435 e. The predicted octanol–water partition coefficient (Wildman–Crippen LogP) is -1.28. The molecule has 1 N–H and O–H groups in total. The molecule has 0 bridgehead atoms. The Labute approximate surface area is 63.2 Å². The lowest BCUT2D eigenvalue weighted by Gasteiger charge is -1.97. The van der Waals surface area contributed by atoms with E-state index >= 15 is 0 Å². The van der Waals surface area contributed by atoms with Crippen LogP contribution in [0.4, 0.5) is 0 Å². The van der Waals surface area contributed by atoms with E-state index in [1.807, 2.05) is 0 Å². The highest BCUT2D eigenvalue weighted by Crippen LogP contribution is 2.02. The van der Waals surface area contributed by atoms with Crippen LogP contribution in [0.1, 0.15) is 6.92 Å². The highest BCUT2D eigenvalue weighted by Gasteiger charge is 2.27. The normalized spacial score (nSPS) is 27.1. The zero-order valence-corrected chi connectivity index (χ0v) is 6.10. The number of fused-ring (bicyclic) bond motifs is 1. The molecule has 0 saturated carbocycles. The fourth-order valence-corrected chi connectivity index (χ4v) is 1.06. The Balaban J connectivity index is 2.81. The van der Waals surface area contributed by atoms with Crippen molar-refractivity contribution in [3.05, 3.63) is 30.3 Å². The van der Waals surface area contributed by atoms with Crippen LogP contribution in [0.2, 0.25) is 0 Å². The van der Waals surface area contributed by atoms with Gasteiger partial charge in [0.15, 0.2) is 0 Å². The standard InChI is InChI=1S/C7H8N3O/c1-7(11)5-10-4-2-3-8-6(10)9-7/h2-5,11H,1H3/q+1. The van der Waals surface area contributed by atoms with Gasteiger partial charge in [-0.3, -0.25) is 0 Å². The maximum absolute atomic E-state index is 9.43. The molecule has 2 rings (SSSR count). The van der Waals surface area contributed by atoms with Crippen molar-refractivity contribution in [2.24, 2.45) is 4.99 Å². The van der Waals surface area contributed by atoms with E-state index in [9.17, 15) is 5.11 Å². The lowest BCUT2D eigenvalue weighted by molar-refractivity contribution is -0.530. The maximum atomic E-state index is 9.43. The molecule has 1 aromatic rings. The summed E-state index contributed by atoms with van der Waals surface area (Å²) in [6.07, 6.45) is 5.05. The van der Waals surface area contributed by atoms with Crippen LogP contribution in [0.3, 0.4) is 0 Å². The molecule has 0 saturated heterocycles. The van der Waals surface area contributed by atoms with Crippen LogP contribution in [0.5, 0.6) is 0 Å². The van der Waals surface area contributed by atoms with Gasteiger partial charge in [0.25, 0.3) is 5.72 Å². The van der Waals surface area contributed by atoms with Gasteiger partial charge in [0.05, 0.1) is 6.20 Å². The van der Waals surface area contributed by atoms with Gasteiger partial charge in [0.2, 0.25) is 0 Å². The third-order valence-electron chi connectivity index (χ3n) is 1.46. The largest absolute Gasteiger partial charge is 0.435 e. The summed E-state index contributed by atoms with van der Waals surface area (Å²) in [6, 6.07) is 1.79. The molecule has 56 valence electrons. The number of rotatable bonds is 0. The van der Waals surface area contributed by atoms with E-state index in [4.69, 9.17) is 0 Å². The predicted molar refractivity (Wildman–Crippen MR) is 35.9 cm³/mol. The molecule has 0 spiro atoms.